The van der Waals surface area contributed by atoms with E-state index < -0.39 is 0 Å². The molecule has 1 aliphatic rings. The number of nitrogens with zero attached hydrogens (tertiary/aromatic N) is 1. The van der Waals surface area contributed by atoms with Gasteiger partial charge in [-0.05, 0) is 76.4 Å². The Labute approximate surface area is 124 Å². The maximum absolute atomic E-state index is 3.76. The van der Waals surface area contributed by atoms with Crippen LogP contribution in [0, 0.1) is 26.7 Å². The Balaban J connectivity index is 1.94. The Bertz CT molecular complexity index is 430. The van der Waals surface area contributed by atoms with Crippen molar-refractivity contribution in [1.29, 1.82) is 0 Å². The van der Waals surface area contributed by atoms with E-state index in [-0.39, 0.29) is 0 Å². The first-order chi connectivity index (χ1) is 9.51. The molecular formula is C18H30N2. The Kier molecular flexibility index (Phi) is 5.22. The maximum Gasteiger partial charge on any atom is 0.0297 e. The van der Waals surface area contributed by atoms with E-state index in [4.69, 9.17) is 0 Å². The lowest BCUT2D eigenvalue weighted by molar-refractivity contribution is 0.336. The highest BCUT2D eigenvalue weighted by molar-refractivity contribution is 5.39. The van der Waals surface area contributed by atoms with Gasteiger partial charge in [-0.3, -0.25) is 0 Å². The van der Waals surface area contributed by atoms with Crippen LogP contribution >= 0.6 is 0 Å². The average Bonchev–Trinajstić information content (AvgIpc) is 2.83. The molecule has 1 aliphatic heterocycles. The molecule has 2 heteroatoms. The molecule has 1 aromatic rings. The second-order valence-corrected chi connectivity index (χ2v) is 6.49. The topological polar surface area (TPSA) is 15.3 Å². The van der Waals surface area contributed by atoms with Crippen molar-refractivity contribution in [3.63, 3.8) is 0 Å². The minimum Gasteiger partial charge on any atom is -0.310 e. The number of benzene rings is 1. The highest BCUT2D eigenvalue weighted by atomic mass is 15.1. The second kappa shape index (κ2) is 6.73. The van der Waals surface area contributed by atoms with Gasteiger partial charge in [-0.2, -0.15) is 0 Å². The summed E-state index contributed by atoms with van der Waals surface area (Å²) in [6.07, 6.45) is 1.35. The van der Waals surface area contributed by atoms with Gasteiger partial charge >= 0.3 is 0 Å². The smallest absolute Gasteiger partial charge is 0.0297 e. The van der Waals surface area contributed by atoms with E-state index in [9.17, 15) is 0 Å². The fourth-order valence-corrected chi connectivity index (χ4v) is 3.69. The van der Waals surface area contributed by atoms with E-state index in [0.717, 1.165) is 12.5 Å². The summed E-state index contributed by atoms with van der Waals surface area (Å²) in [5.41, 5.74) is 5.69. The summed E-state index contributed by atoms with van der Waals surface area (Å²) in [4.78, 5) is 2.55. The van der Waals surface area contributed by atoms with Crippen LogP contribution in [0.5, 0.6) is 0 Å². The number of nitrogens with one attached hydrogen (secondary N) is 1. The van der Waals surface area contributed by atoms with Gasteiger partial charge in [-0.15, -0.1) is 0 Å². The average molecular weight is 274 g/mol. The Hall–Kier alpha value is -0.860. The number of likely N-dealkylation sites (tertiary alicyclic amines) is 1. The molecule has 0 radical (unpaired) electrons. The Morgan fingerprint density at radius 2 is 1.90 bits per heavy atom. The first-order valence-electron chi connectivity index (χ1n) is 8.04. The van der Waals surface area contributed by atoms with Crippen molar-refractivity contribution in [3.05, 3.63) is 34.4 Å². The maximum atomic E-state index is 3.76. The van der Waals surface area contributed by atoms with Crippen LogP contribution in [-0.4, -0.2) is 31.1 Å². The van der Waals surface area contributed by atoms with Crippen molar-refractivity contribution in [2.45, 2.75) is 47.1 Å². The molecule has 2 rings (SSSR count). The molecule has 2 nitrogen and oxygen atoms in total. The molecule has 0 bridgehead atoms. The molecule has 0 spiro atoms. The number of aryl methyl sites for hydroxylation is 3. The molecule has 1 saturated heterocycles. The van der Waals surface area contributed by atoms with E-state index >= 15 is 0 Å². The Morgan fingerprint density at radius 3 is 2.45 bits per heavy atom. The molecule has 2 atom stereocenters. The Morgan fingerprint density at radius 1 is 1.25 bits per heavy atom. The number of rotatable bonds is 5. The number of hydrogen-bond donors (Lipinski definition) is 1. The van der Waals surface area contributed by atoms with Crippen LogP contribution in [0.1, 0.15) is 48.6 Å². The highest BCUT2D eigenvalue weighted by Gasteiger charge is 2.22. The number of hydrogen-bond acceptors (Lipinski definition) is 2. The molecule has 1 fully saturated rings. The lowest BCUT2D eigenvalue weighted by atomic mass is 9.94. The van der Waals surface area contributed by atoms with Gasteiger partial charge in [-0.25, -0.2) is 0 Å². The predicted octanol–water partition coefficient (Wildman–Crippen LogP) is 3.60. The summed E-state index contributed by atoms with van der Waals surface area (Å²) in [5.74, 6) is 0.823. The first kappa shape index (κ1) is 15.5. The molecule has 1 aromatic carbocycles. The summed E-state index contributed by atoms with van der Waals surface area (Å²) in [6, 6.07) is 5.05. The van der Waals surface area contributed by atoms with Crippen LogP contribution in [0.25, 0.3) is 0 Å². The highest BCUT2D eigenvalue weighted by Crippen LogP contribution is 2.24. The molecule has 1 heterocycles. The monoisotopic (exact) mass is 274 g/mol. The van der Waals surface area contributed by atoms with Gasteiger partial charge in [0, 0.05) is 12.6 Å². The fraction of sp³-hybridized carbons (Fsp3) is 0.667. The molecule has 2 unspecified atom stereocenters. The van der Waals surface area contributed by atoms with Crippen LogP contribution in [0.15, 0.2) is 12.1 Å². The third kappa shape index (κ3) is 3.62. The molecule has 0 aromatic heterocycles. The quantitative estimate of drug-likeness (QED) is 0.882. The third-order valence-corrected chi connectivity index (χ3v) is 4.70. The second-order valence-electron chi connectivity index (χ2n) is 6.49. The van der Waals surface area contributed by atoms with Crippen molar-refractivity contribution in [3.8, 4) is 0 Å². The summed E-state index contributed by atoms with van der Waals surface area (Å²) >= 11 is 0. The van der Waals surface area contributed by atoms with Gasteiger partial charge in [0.05, 0.1) is 0 Å². The fourth-order valence-electron chi connectivity index (χ4n) is 3.69. The predicted molar refractivity (Wildman–Crippen MR) is 87.3 cm³/mol. The molecule has 20 heavy (non-hydrogen) atoms. The van der Waals surface area contributed by atoms with Gasteiger partial charge in [0.15, 0.2) is 0 Å². The van der Waals surface area contributed by atoms with Crippen molar-refractivity contribution in [2.24, 2.45) is 5.92 Å². The van der Waals surface area contributed by atoms with Crippen LogP contribution in [0.2, 0.25) is 0 Å². The summed E-state index contributed by atoms with van der Waals surface area (Å²) in [7, 11) is 0. The lowest BCUT2D eigenvalue weighted by Crippen LogP contribution is -2.29. The van der Waals surface area contributed by atoms with Crippen LogP contribution in [0.4, 0.5) is 0 Å². The first-order valence-corrected chi connectivity index (χ1v) is 8.04. The summed E-state index contributed by atoms with van der Waals surface area (Å²) < 4.78 is 0. The standard InChI is InChI=1S/C18H30N2/c1-6-20-8-7-17(12-20)11-19-16(5)18-14(3)9-13(2)10-15(18)4/h9-10,16-17,19H,6-8,11-12H2,1-5H3. The molecule has 1 N–H and O–H groups in total. The van der Waals surface area contributed by atoms with Gasteiger partial charge in [0.1, 0.15) is 0 Å². The molecule has 0 aliphatic carbocycles. The van der Waals surface area contributed by atoms with E-state index in [1.54, 1.807) is 0 Å². The SMILES string of the molecule is CCN1CCC(CNC(C)c2c(C)cc(C)cc2C)C1. The molecular weight excluding hydrogens is 244 g/mol. The van der Waals surface area contributed by atoms with Crippen molar-refractivity contribution < 1.29 is 0 Å². The third-order valence-electron chi connectivity index (χ3n) is 4.70. The van der Waals surface area contributed by atoms with E-state index in [0.29, 0.717) is 6.04 Å². The van der Waals surface area contributed by atoms with Crippen molar-refractivity contribution in [2.75, 3.05) is 26.2 Å². The van der Waals surface area contributed by atoms with E-state index in [1.165, 1.54) is 48.3 Å². The summed E-state index contributed by atoms with van der Waals surface area (Å²) in [6.45, 7) is 16.1. The van der Waals surface area contributed by atoms with Gasteiger partial charge < -0.3 is 10.2 Å². The zero-order valence-electron chi connectivity index (χ0n) is 13.8. The van der Waals surface area contributed by atoms with Gasteiger partial charge in [-0.1, -0.05) is 24.6 Å². The van der Waals surface area contributed by atoms with Crippen LogP contribution in [-0.2, 0) is 0 Å². The molecule has 112 valence electrons. The van der Waals surface area contributed by atoms with Crippen molar-refractivity contribution in [1.82, 2.24) is 10.2 Å². The zero-order chi connectivity index (χ0) is 14.7. The normalized spacial score (nSPS) is 21.4. The van der Waals surface area contributed by atoms with E-state index in [2.05, 4.69) is 57.0 Å². The lowest BCUT2D eigenvalue weighted by Gasteiger charge is -2.22. The minimum absolute atomic E-state index is 0.450. The van der Waals surface area contributed by atoms with Crippen LogP contribution < -0.4 is 5.32 Å². The van der Waals surface area contributed by atoms with Crippen molar-refractivity contribution >= 4 is 0 Å². The molecule has 0 saturated carbocycles. The van der Waals surface area contributed by atoms with Gasteiger partial charge in [0.25, 0.3) is 0 Å². The summed E-state index contributed by atoms with van der Waals surface area (Å²) in [5, 5.41) is 3.76. The minimum atomic E-state index is 0.450. The van der Waals surface area contributed by atoms with E-state index in [1.807, 2.05) is 0 Å². The zero-order valence-corrected chi connectivity index (χ0v) is 13.8. The van der Waals surface area contributed by atoms with Crippen LogP contribution in [0.3, 0.4) is 0 Å². The largest absolute Gasteiger partial charge is 0.310 e. The molecule has 0 amide bonds. The van der Waals surface area contributed by atoms with Gasteiger partial charge in [0.2, 0.25) is 0 Å².